The Kier molecular flexibility index (Phi) is 7.49. The Labute approximate surface area is 263 Å². The molecule has 4 heterocycles. The monoisotopic (exact) mass is 605 g/mol. The van der Waals surface area contributed by atoms with Crippen LogP contribution in [0.3, 0.4) is 0 Å². The Morgan fingerprint density at radius 1 is 1.11 bits per heavy atom. The third-order valence-corrected chi connectivity index (χ3v) is 9.14. The second kappa shape index (κ2) is 11.5. The molecule has 1 amide bonds. The van der Waals surface area contributed by atoms with Crippen molar-refractivity contribution in [2.45, 2.75) is 77.2 Å². The summed E-state index contributed by atoms with van der Waals surface area (Å²) in [6.45, 7) is 7.48. The quantitative estimate of drug-likeness (QED) is 0.226. The first-order valence-corrected chi connectivity index (χ1v) is 15.9. The van der Waals surface area contributed by atoms with E-state index in [-0.39, 0.29) is 23.8 Å². The fourth-order valence-corrected chi connectivity index (χ4v) is 6.55. The van der Waals surface area contributed by atoms with Gasteiger partial charge in [-0.15, -0.1) is 6.42 Å². The number of carbonyl (C=O) groups excluding carboxylic acids is 1. The fourth-order valence-electron chi connectivity index (χ4n) is 6.55. The van der Waals surface area contributed by atoms with Crippen LogP contribution < -0.4 is 4.74 Å². The van der Waals surface area contributed by atoms with Crippen LogP contribution in [-0.4, -0.2) is 62.1 Å². The Hall–Kier alpha value is -4.42. The lowest BCUT2D eigenvalue weighted by Gasteiger charge is -2.39. The van der Waals surface area contributed by atoms with Gasteiger partial charge in [-0.25, -0.2) is 14.5 Å². The predicted molar refractivity (Wildman–Crippen MR) is 171 cm³/mol. The lowest BCUT2D eigenvalue weighted by Crippen LogP contribution is -2.51. The fraction of sp³-hybridized carbons (Fsp3) is 0.444. The van der Waals surface area contributed by atoms with Crippen LogP contribution in [0.4, 0.5) is 4.79 Å². The summed E-state index contributed by atoms with van der Waals surface area (Å²) in [5, 5.41) is 6.02. The van der Waals surface area contributed by atoms with Crippen molar-refractivity contribution in [1.82, 2.24) is 24.6 Å². The topological polar surface area (TPSA) is 91.6 Å². The van der Waals surface area contributed by atoms with Crippen molar-refractivity contribution in [2.24, 2.45) is 5.41 Å². The summed E-state index contributed by atoms with van der Waals surface area (Å²) in [7, 11) is 0. The Bertz CT molecular complexity index is 1770. The molecule has 4 aromatic rings. The number of hydrogen-bond donors (Lipinski definition) is 0. The minimum absolute atomic E-state index is 0.0577. The minimum Gasteiger partial charge on any atom is -0.471 e. The first-order chi connectivity index (χ1) is 21.7. The van der Waals surface area contributed by atoms with Crippen LogP contribution in [0.5, 0.6) is 5.88 Å². The van der Waals surface area contributed by atoms with Crippen LogP contribution in [0.2, 0.25) is 0 Å². The zero-order valence-corrected chi connectivity index (χ0v) is 26.2. The highest BCUT2D eigenvalue weighted by Crippen LogP contribution is 2.55. The maximum atomic E-state index is 12.9. The average Bonchev–Trinajstić information content (AvgIpc) is 3.72. The number of nitrogens with zero attached hydrogens (tertiary/aromatic N) is 5. The summed E-state index contributed by atoms with van der Waals surface area (Å²) in [5.74, 6) is 3.23. The van der Waals surface area contributed by atoms with Gasteiger partial charge in [0.2, 0.25) is 5.88 Å². The normalized spacial score (nSPS) is 21.0. The molecule has 2 aromatic heterocycles. The van der Waals surface area contributed by atoms with Crippen molar-refractivity contribution in [2.75, 3.05) is 19.7 Å². The summed E-state index contributed by atoms with van der Waals surface area (Å²) in [6, 6.07) is 14.2. The third kappa shape index (κ3) is 5.87. The van der Waals surface area contributed by atoms with Gasteiger partial charge in [0.15, 0.2) is 6.23 Å². The average molecular weight is 606 g/mol. The molecule has 2 aromatic carbocycles. The van der Waals surface area contributed by atoms with Crippen LogP contribution >= 0.6 is 0 Å². The van der Waals surface area contributed by atoms with E-state index >= 15 is 0 Å². The lowest BCUT2D eigenvalue weighted by molar-refractivity contribution is -0.0365. The number of ether oxygens (including phenoxy) is 3. The summed E-state index contributed by atoms with van der Waals surface area (Å²) in [4.78, 5) is 24.1. The van der Waals surface area contributed by atoms with Crippen LogP contribution in [0.15, 0.2) is 54.9 Å². The molecule has 2 saturated heterocycles. The number of hydrogen-bond acceptors (Lipinski definition) is 7. The number of benzene rings is 2. The molecule has 3 aliphatic rings. The van der Waals surface area contributed by atoms with Gasteiger partial charge in [0, 0.05) is 29.5 Å². The van der Waals surface area contributed by atoms with Crippen LogP contribution in [-0.2, 0) is 9.47 Å². The summed E-state index contributed by atoms with van der Waals surface area (Å²) in [6.07, 6.45) is 14.6. The molecule has 1 spiro atoms. The largest absolute Gasteiger partial charge is 0.471 e. The van der Waals surface area contributed by atoms with Gasteiger partial charge in [0.05, 0.1) is 24.5 Å². The molecule has 7 rings (SSSR count). The van der Waals surface area contributed by atoms with Gasteiger partial charge >= 0.3 is 6.09 Å². The summed E-state index contributed by atoms with van der Waals surface area (Å²) < 4.78 is 20.4. The van der Waals surface area contributed by atoms with Gasteiger partial charge in [-0.1, -0.05) is 30.2 Å². The highest BCUT2D eigenvalue weighted by Gasteiger charge is 2.54. The van der Waals surface area contributed by atoms with Gasteiger partial charge in [-0.2, -0.15) is 5.10 Å². The lowest BCUT2D eigenvalue weighted by atomic mass is 9.90. The van der Waals surface area contributed by atoms with Crippen molar-refractivity contribution < 1.29 is 19.0 Å². The van der Waals surface area contributed by atoms with Crippen molar-refractivity contribution >= 4 is 17.0 Å². The van der Waals surface area contributed by atoms with Crippen molar-refractivity contribution in [3.8, 4) is 40.7 Å². The number of likely N-dealkylation sites (tertiary alicyclic amines) is 1. The number of terminal acetylenes is 1. The summed E-state index contributed by atoms with van der Waals surface area (Å²) >= 11 is 0. The first kappa shape index (κ1) is 29.3. The summed E-state index contributed by atoms with van der Waals surface area (Å²) in [5.41, 5.74) is 4.60. The molecule has 1 aliphatic carbocycles. The van der Waals surface area contributed by atoms with E-state index in [1.807, 2.05) is 49.7 Å². The van der Waals surface area contributed by atoms with Gasteiger partial charge in [-0.05, 0) is 88.6 Å². The molecular weight excluding hydrogens is 566 g/mol. The van der Waals surface area contributed by atoms with Gasteiger partial charge < -0.3 is 19.1 Å². The standard InChI is InChI=1S/C36H39N5O4/c1-5-24-10-6-7-11-26(24)25-13-14-29-27(20-25)33(39-41(29)32-12-8-9-19-43-32)28-21-37-22-31(38-28)44-30-23-40(18-17-36(30)15-16-36)34(42)45-35(2,3)4/h1,6-7,10-11,13-14,20-22,30,32H,8-9,12,15-19,23H2,2-4H3/t30-,32?/m0/s1. The highest BCUT2D eigenvalue weighted by molar-refractivity contribution is 5.96. The molecule has 1 unspecified atom stereocenters. The van der Waals surface area contributed by atoms with Crippen LogP contribution in [0, 0.1) is 17.8 Å². The van der Waals surface area contributed by atoms with E-state index < -0.39 is 5.60 Å². The van der Waals surface area contributed by atoms with E-state index in [0.29, 0.717) is 37.0 Å². The van der Waals surface area contributed by atoms with E-state index in [2.05, 4.69) is 29.1 Å². The van der Waals surface area contributed by atoms with Crippen LogP contribution in [0.25, 0.3) is 33.4 Å². The number of piperidine rings is 1. The van der Waals surface area contributed by atoms with Crippen molar-refractivity contribution in [3.63, 3.8) is 0 Å². The predicted octanol–water partition coefficient (Wildman–Crippen LogP) is 7.01. The maximum absolute atomic E-state index is 12.9. The SMILES string of the molecule is C#Cc1ccccc1-c1ccc2c(c1)c(-c1cncc(O[C@H]3CN(C(=O)OC(C)(C)C)CCC34CC4)n1)nn2C1CCCCO1. The van der Waals surface area contributed by atoms with Crippen LogP contribution in [0.1, 0.15) is 71.1 Å². The number of amides is 1. The Morgan fingerprint density at radius 3 is 2.71 bits per heavy atom. The molecule has 9 nitrogen and oxygen atoms in total. The molecule has 2 aliphatic heterocycles. The molecular formula is C36H39N5O4. The van der Waals surface area contributed by atoms with E-state index in [1.54, 1.807) is 17.3 Å². The molecule has 0 radical (unpaired) electrons. The van der Waals surface area contributed by atoms with Gasteiger partial charge in [0.1, 0.15) is 23.1 Å². The Balaban J connectivity index is 1.23. The molecule has 9 heteroatoms. The maximum Gasteiger partial charge on any atom is 0.410 e. The zero-order valence-electron chi connectivity index (χ0n) is 26.2. The van der Waals surface area contributed by atoms with E-state index in [1.165, 1.54) is 0 Å². The molecule has 0 bridgehead atoms. The van der Waals surface area contributed by atoms with E-state index in [0.717, 1.165) is 66.1 Å². The number of fused-ring (bicyclic) bond motifs is 1. The second-order valence-corrected chi connectivity index (χ2v) is 13.4. The molecule has 0 N–H and O–H groups in total. The van der Waals surface area contributed by atoms with E-state index in [9.17, 15) is 4.79 Å². The second-order valence-electron chi connectivity index (χ2n) is 13.4. The molecule has 45 heavy (non-hydrogen) atoms. The Morgan fingerprint density at radius 2 is 1.96 bits per heavy atom. The number of carbonyl (C=O) groups is 1. The number of rotatable bonds is 5. The third-order valence-electron chi connectivity index (χ3n) is 9.14. The smallest absolute Gasteiger partial charge is 0.410 e. The zero-order chi connectivity index (χ0) is 31.2. The molecule has 232 valence electrons. The number of aromatic nitrogens is 4. The highest BCUT2D eigenvalue weighted by atomic mass is 16.6. The van der Waals surface area contributed by atoms with Gasteiger partial charge in [-0.3, -0.25) is 4.98 Å². The van der Waals surface area contributed by atoms with Crippen molar-refractivity contribution in [3.05, 3.63) is 60.4 Å². The first-order valence-electron chi connectivity index (χ1n) is 15.9. The molecule has 1 saturated carbocycles. The van der Waals surface area contributed by atoms with E-state index in [4.69, 9.17) is 30.7 Å². The van der Waals surface area contributed by atoms with Gasteiger partial charge in [0.25, 0.3) is 0 Å². The molecule has 2 atom stereocenters. The van der Waals surface area contributed by atoms with Crippen molar-refractivity contribution in [1.29, 1.82) is 0 Å². The minimum atomic E-state index is -0.556. The molecule has 3 fully saturated rings.